The lowest BCUT2D eigenvalue weighted by Gasteiger charge is -2.32. The SMILES string of the molecule is CCC(=O)N1CCC(c2ccc3[nH]c(-c4ccnc(C)c4)c(C(C)C)c3c2)CC1. The molecule has 0 aliphatic carbocycles. The molecular weight excluding hydrogens is 358 g/mol. The highest BCUT2D eigenvalue weighted by Gasteiger charge is 2.24. The van der Waals surface area contributed by atoms with E-state index in [0.29, 0.717) is 18.3 Å². The lowest BCUT2D eigenvalue weighted by atomic mass is 9.87. The molecule has 1 aliphatic rings. The predicted molar refractivity (Wildman–Crippen MR) is 119 cm³/mol. The van der Waals surface area contributed by atoms with E-state index < -0.39 is 0 Å². The van der Waals surface area contributed by atoms with Gasteiger partial charge in [0.15, 0.2) is 0 Å². The second-order valence-corrected chi connectivity index (χ2v) is 8.57. The molecule has 1 aliphatic heterocycles. The number of nitrogens with one attached hydrogen (secondary N) is 1. The highest BCUT2D eigenvalue weighted by Crippen LogP contribution is 2.38. The average Bonchev–Trinajstić information content (AvgIpc) is 3.12. The van der Waals surface area contributed by atoms with Crippen molar-refractivity contribution in [3.8, 4) is 11.3 Å². The molecule has 29 heavy (non-hydrogen) atoms. The van der Waals surface area contributed by atoms with Gasteiger partial charge in [-0.25, -0.2) is 0 Å². The van der Waals surface area contributed by atoms with E-state index in [1.807, 2.05) is 24.9 Å². The fraction of sp³-hybridized carbons (Fsp3) is 0.440. The Hall–Kier alpha value is -2.62. The molecule has 4 heteroatoms. The average molecular weight is 390 g/mol. The van der Waals surface area contributed by atoms with Crippen LogP contribution in [0.15, 0.2) is 36.5 Å². The van der Waals surface area contributed by atoms with Gasteiger partial charge >= 0.3 is 0 Å². The van der Waals surface area contributed by atoms with Gasteiger partial charge in [-0.2, -0.15) is 0 Å². The number of pyridine rings is 1. The molecule has 0 radical (unpaired) electrons. The summed E-state index contributed by atoms with van der Waals surface area (Å²) in [5, 5.41) is 1.33. The number of aryl methyl sites for hydroxylation is 1. The zero-order valence-electron chi connectivity index (χ0n) is 18.0. The number of nitrogens with zero attached hydrogens (tertiary/aromatic N) is 2. The molecule has 2 aromatic heterocycles. The first-order valence-electron chi connectivity index (χ1n) is 10.8. The van der Waals surface area contributed by atoms with E-state index in [1.54, 1.807) is 0 Å². The molecule has 1 saturated heterocycles. The van der Waals surface area contributed by atoms with Crippen molar-refractivity contribution in [2.75, 3.05) is 13.1 Å². The number of rotatable bonds is 4. The molecule has 0 atom stereocenters. The number of amides is 1. The number of aromatic nitrogens is 2. The summed E-state index contributed by atoms with van der Waals surface area (Å²) in [4.78, 5) is 22.0. The molecule has 0 spiro atoms. The molecular formula is C25H31N3O. The van der Waals surface area contributed by atoms with Crippen LogP contribution in [0.1, 0.15) is 68.7 Å². The number of fused-ring (bicyclic) bond motifs is 1. The van der Waals surface area contributed by atoms with Crippen LogP contribution < -0.4 is 0 Å². The van der Waals surface area contributed by atoms with Gasteiger partial charge in [0.05, 0.1) is 5.69 Å². The van der Waals surface area contributed by atoms with Crippen LogP contribution in [0.2, 0.25) is 0 Å². The largest absolute Gasteiger partial charge is 0.354 e. The Labute approximate surface area is 173 Å². The summed E-state index contributed by atoms with van der Waals surface area (Å²) < 4.78 is 0. The minimum Gasteiger partial charge on any atom is -0.354 e. The summed E-state index contributed by atoms with van der Waals surface area (Å²) in [7, 11) is 0. The summed E-state index contributed by atoms with van der Waals surface area (Å²) in [5.41, 5.74) is 7.42. The molecule has 4 nitrogen and oxygen atoms in total. The number of likely N-dealkylation sites (tertiary alicyclic amines) is 1. The molecule has 0 saturated carbocycles. The first kappa shape index (κ1) is 19.7. The number of hydrogen-bond acceptors (Lipinski definition) is 2. The van der Waals surface area contributed by atoms with Crippen LogP contribution >= 0.6 is 0 Å². The van der Waals surface area contributed by atoms with E-state index in [0.717, 1.165) is 31.6 Å². The fourth-order valence-corrected chi connectivity index (χ4v) is 4.70. The lowest BCUT2D eigenvalue weighted by molar-refractivity contribution is -0.131. The van der Waals surface area contributed by atoms with Crippen molar-refractivity contribution in [2.24, 2.45) is 0 Å². The van der Waals surface area contributed by atoms with Crippen molar-refractivity contribution in [1.82, 2.24) is 14.9 Å². The van der Waals surface area contributed by atoms with Gasteiger partial charge in [0, 0.05) is 47.9 Å². The van der Waals surface area contributed by atoms with Crippen LogP contribution in [-0.4, -0.2) is 33.9 Å². The van der Waals surface area contributed by atoms with E-state index in [1.165, 1.54) is 33.3 Å². The number of carbonyl (C=O) groups is 1. The van der Waals surface area contributed by atoms with Crippen molar-refractivity contribution >= 4 is 16.8 Å². The van der Waals surface area contributed by atoms with E-state index in [2.05, 4.69) is 54.1 Å². The maximum Gasteiger partial charge on any atom is 0.222 e. The van der Waals surface area contributed by atoms with Gasteiger partial charge in [0.25, 0.3) is 0 Å². The molecule has 3 heterocycles. The maximum atomic E-state index is 12.0. The molecule has 1 fully saturated rings. The van der Waals surface area contributed by atoms with Crippen molar-refractivity contribution in [2.45, 2.75) is 58.8 Å². The van der Waals surface area contributed by atoms with Crippen molar-refractivity contribution in [3.63, 3.8) is 0 Å². The zero-order chi connectivity index (χ0) is 20.5. The van der Waals surface area contributed by atoms with Crippen LogP contribution in [0.5, 0.6) is 0 Å². The third-order valence-corrected chi connectivity index (χ3v) is 6.25. The monoisotopic (exact) mass is 389 g/mol. The van der Waals surface area contributed by atoms with Gasteiger partial charge in [0.1, 0.15) is 0 Å². The zero-order valence-corrected chi connectivity index (χ0v) is 18.0. The minimum absolute atomic E-state index is 0.281. The topological polar surface area (TPSA) is 49.0 Å². The highest BCUT2D eigenvalue weighted by molar-refractivity contribution is 5.92. The van der Waals surface area contributed by atoms with Crippen molar-refractivity contribution in [1.29, 1.82) is 0 Å². The summed E-state index contributed by atoms with van der Waals surface area (Å²) in [6, 6.07) is 11.1. The van der Waals surface area contributed by atoms with Crippen LogP contribution in [0.25, 0.3) is 22.2 Å². The van der Waals surface area contributed by atoms with E-state index in [-0.39, 0.29) is 5.91 Å². The standard InChI is InChI=1S/C25H31N3O/c1-5-23(29)28-12-9-18(10-13-28)19-6-7-22-21(15-19)24(16(2)3)25(27-22)20-8-11-26-17(4)14-20/h6-8,11,14-16,18,27H,5,9-10,12-13H2,1-4H3. The van der Waals surface area contributed by atoms with Gasteiger partial charge in [-0.1, -0.05) is 26.8 Å². The molecule has 1 aromatic carbocycles. The summed E-state index contributed by atoms with van der Waals surface area (Å²) >= 11 is 0. The second-order valence-electron chi connectivity index (χ2n) is 8.57. The molecule has 1 amide bonds. The number of hydrogen-bond donors (Lipinski definition) is 1. The van der Waals surface area contributed by atoms with E-state index in [4.69, 9.17) is 0 Å². The number of carbonyl (C=O) groups excluding carboxylic acids is 1. The van der Waals surface area contributed by atoms with Gasteiger partial charge in [-0.15, -0.1) is 0 Å². The number of piperidine rings is 1. The Morgan fingerprint density at radius 2 is 1.97 bits per heavy atom. The molecule has 0 unspecified atom stereocenters. The maximum absolute atomic E-state index is 12.0. The van der Waals surface area contributed by atoms with Crippen LogP contribution in [0.3, 0.4) is 0 Å². The third-order valence-electron chi connectivity index (χ3n) is 6.25. The fourth-order valence-electron chi connectivity index (χ4n) is 4.70. The van der Waals surface area contributed by atoms with Gasteiger partial charge in [0.2, 0.25) is 5.91 Å². The van der Waals surface area contributed by atoms with Crippen LogP contribution in [0, 0.1) is 6.92 Å². The Morgan fingerprint density at radius 3 is 2.62 bits per heavy atom. The predicted octanol–water partition coefficient (Wildman–Crippen LogP) is 5.78. The van der Waals surface area contributed by atoms with Crippen LogP contribution in [0.4, 0.5) is 0 Å². The Bertz CT molecular complexity index is 1030. The van der Waals surface area contributed by atoms with Gasteiger partial charge in [-0.05, 0) is 67.0 Å². The normalized spacial score (nSPS) is 15.4. The van der Waals surface area contributed by atoms with Crippen molar-refractivity contribution in [3.05, 3.63) is 53.3 Å². The Balaban J connectivity index is 1.69. The minimum atomic E-state index is 0.281. The summed E-state index contributed by atoms with van der Waals surface area (Å²) in [6.45, 7) is 10.3. The lowest BCUT2D eigenvalue weighted by Crippen LogP contribution is -2.37. The first-order valence-corrected chi connectivity index (χ1v) is 10.8. The third kappa shape index (κ3) is 3.81. The first-order chi connectivity index (χ1) is 14.0. The molecule has 0 bridgehead atoms. The Kier molecular flexibility index (Phi) is 5.44. The molecule has 3 aromatic rings. The smallest absolute Gasteiger partial charge is 0.222 e. The molecule has 152 valence electrons. The molecule has 4 rings (SSSR count). The quantitative estimate of drug-likeness (QED) is 0.615. The van der Waals surface area contributed by atoms with Crippen molar-refractivity contribution < 1.29 is 4.79 Å². The summed E-state index contributed by atoms with van der Waals surface area (Å²) in [5.74, 6) is 1.23. The van der Waals surface area contributed by atoms with E-state index in [9.17, 15) is 4.79 Å². The van der Waals surface area contributed by atoms with E-state index >= 15 is 0 Å². The Morgan fingerprint density at radius 1 is 1.21 bits per heavy atom. The summed E-state index contributed by atoms with van der Waals surface area (Å²) in [6.07, 6.45) is 4.59. The number of benzene rings is 1. The van der Waals surface area contributed by atoms with Gasteiger partial charge < -0.3 is 9.88 Å². The highest BCUT2D eigenvalue weighted by atomic mass is 16.2. The number of aromatic amines is 1. The van der Waals surface area contributed by atoms with Gasteiger partial charge in [-0.3, -0.25) is 9.78 Å². The molecule has 1 N–H and O–H groups in total. The van der Waals surface area contributed by atoms with Crippen LogP contribution in [-0.2, 0) is 4.79 Å². The number of H-pyrrole nitrogens is 1. The second kappa shape index (κ2) is 8.02.